The minimum absolute atomic E-state index is 0.152. The zero-order valence-corrected chi connectivity index (χ0v) is 8.91. The van der Waals surface area contributed by atoms with Crippen LogP contribution < -0.4 is 0 Å². The van der Waals surface area contributed by atoms with Crippen LogP contribution >= 0.6 is 0 Å². The molecular weight excluding hydrogens is 180 g/mol. The van der Waals surface area contributed by atoms with Gasteiger partial charge in [-0.05, 0) is 18.9 Å². The summed E-state index contributed by atoms with van der Waals surface area (Å²) in [6, 6.07) is 0. The minimum Gasteiger partial charge on any atom is -0.469 e. The van der Waals surface area contributed by atoms with Gasteiger partial charge in [0.1, 0.15) is 6.42 Å². The van der Waals surface area contributed by atoms with E-state index in [9.17, 15) is 9.59 Å². The Kier molecular flexibility index (Phi) is 7.80. The summed E-state index contributed by atoms with van der Waals surface area (Å²) in [5.41, 5.74) is 0. The summed E-state index contributed by atoms with van der Waals surface area (Å²) in [4.78, 5) is 21.7. The number of ketones is 1. The van der Waals surface area contributed by atoms with Gasteiger partial charge in [0, 0.05) is 0 Å². The number of carbonyl (C=O) groups excluding carboxylic acids is 2. The Morgan fingerprint density at radius 3 is 2.57 bits per heavy atom. The molecule has 0 aliphatic rings. The van der Waals surface area contributed by atoms with Crippen LogP contribution in [0.25, 0.3) is 0 Å². The van der Waals surface area contributed by atoms with Gasteiger partial charge in [-0.3, -0.25) is 9.59 Å². The molecule has 0 saturated carbocycles. The van der Waals surface area contributed by atoms with Crippen molar-refractivity contribution in [1.29, 1.82) is 0 Å². The lowest BCUT2D eigenvalue weighted by molar-refractivity contribution is -0.142. The first kappa shape index (κ1) is 12.9. The van der Waals surface area contributed by atoms with Gasteiger partial charge in [0.05, 0.1) is 7.11 Å². The number of allylic oxidation sites excluding steroid dienone is 2. The first-order valence-corrected chi connectivity index (χ1v) is 4.97. The first-order valence-electron chi connectivity index (χ1n) is 4.97. The number of methoxy groups -OCH3 is 1. The Bertz CT molecular complexity index is 207. The number of ether oxygens (including phenoxy) is 1. The molecule has 0 atom stereocenters. The molecule has 0 fully saturated rings. The predicted molar refractivity (Wildman–Crippen MR) is 54.9 cm³/mol. The summed E-state index contributed by atoms with van der Waals surface area (Å²) in [6.07, 6.45) is 7.48. The van der Waals surface area contributed by atoms with Crippen molar-refractivity contribution in [2.24, 2.45) is 0 Å². The molecule has 0 aromatic rings. The number of carbonyl (C=O) groups is 2. The van der Waals surface area contributed by atoms with Gasteiger partial charge < -0.3 is 4.74 Å². The van der Waals surface area contributed by atoms with Crippen LogP contribution in [0.5, 0.6) is 0 Å². The van der Waals surface area contributed by atoms with Gasteiger partial charge in [0.2, 0.25) is 0 Å². The standard InChI is InChI=1S/C11H18O3/c1-3-4-5-6-7-8-10(12)9-11(13)14-2/h7-8H,3-6,9H2,1-2H3. The number of rotatable bonds is 7. The fraction of sp³-hybridized carbons (Fsp3) is 0.636. The van der Waals surface area contributed by atoms with Crippen molar-refractivity contribution in [3.05, 3.63) is 12.2 Å². The van der Waals surface area contributed by atoms with Gasteiger partial charge in [-0.1, -0.05) is 25.8 Å². The Morgan fingerprint density at radius 2 is 2.00 bits per heavy atom. The van der Waals surface area contributed by atoms with Crippen LogP contribution in [0.3, 0.4) is 0 Å². The lowest BCUT2D eigenvalue weighted by atomic mass is 10.2. The van der Waals surface area contributed by atoms with Crippen LogP contribution in [0.4, 0.5) is 0 Å². The maximum Gasteiger partial charge on any atom is 0.313 e. The molecule has 0 amide bonds. The van der Waals surface area contributed by atoms with Crippen LogP contribution in [-0.4, -0.2) is 18.9 Å². The monoisotopic (exact) mass is 198 g/mol. The molecule has 0 saturated heterocycles. The lowest BCUT2D eigenvalue weighted by Crippen LogP contribution is -2.06. The lowest BCUT2D eigenvalue weighted by Gasteiger charge is -1.94. The van der Waals surface area contributed by atoms with E-state index in [-0.39, 0.29) is 12.2 Å². The molecule has 0 N–H and O–H groups in total. The van der Waals surface area contributed by atoms with Crippen molar-refractivity contribution in [3.8, 4) is 0 Å². The van der Waals surface area contributed by atoms with Crippen molar-refractivity contribution in [3.63, 3.8) is 0 Å². The predicted octanol–water partition coefficient (Wildman–Crippen LogP) is 2.26. The van der Waals surface area contributed by atoms with E-state index in [1.54, 1.807) is 0 Å². The van der Waals surface area contributed by atoms with Gasteiger partial charge in [0.15, 0.2) is 5.78 Å². The van der Waals surface area contributed by atoms with Crippen molar-refractivity contribution >= 4 is 11.8 Å². The molecule has 0 aliphatic heterocycles. The summed E-state index contributed by atoms with van der Waals surface area (Å²) >= 11 is 0. The van der Waals surface area contributed by atoms with Gasteiger partial charge in [-0.25, -0.2) is 0 Å². The summed E-state index contributed by atoms with van der Waals surface area (Å²) < 4.78 is 4.37. The zero-order chi connectivity index (χ0) is 10.8. The SMILES string of the molecule is CCCCCC=CC(=O)CC(=O)OC. The van der Waals surface area contributed by atoms with Crippen LogP contribution in [-0.2, 0) is 14.3 Å². The molecule has 3 nitrogen and oxygen atoms in total. The summed E-state index contributed by atoms with van der Waals surface area (Å²) in [7, 11) is 1.28. The maximum absolute atomic E-state index is 11.1. The van der Waals surface area contributed by atoms with Crippen LogP contribution in [0, 0.1) is 0 Å². The number of unbranched alkanes of at least 4 members (excludes halogenated alkanes) is 3. The third-order valence-corrected chi connectivity index (χ3v) is 1.82. The normalized spacial score (nSPS) is 10.4. The Hall–Kier alpha value is -1.12. The second-order valence-corrected chi connectivity index (χ2v) is 3.12. The van der Waals surface area contributed by atoms with Crippen molar-refractivity contribution < 1.29 is 14.3 Å². The summed E-state index contributed by atoms with van der Waals surface area (Å²) in [5.74, 6) is -0.665. The van der Waals surface area contributed by atoms with Crippen molar-refractivity contribution in [1.82, 2.24) is 0 Å². The van der Waals surface area contributed by atoms with Gasteiger partial charge in [-0.2, -0.15) is 0 Å². The molecule has 0 aliphatic carbocycles. The fourth-order valence-electron chi connectivity index (χ4n) is 1.00. The molecule has 80 valence electrons. The molecule has 14 heavy (non-hydrogen) atoms. The highest BCUT2D eigenvalue weighted by Crippen LogP contribution is 2.00. The average molecular weight is 198 g/mol. The van der Waals surface area contributed by atoms with Crippen LogP contribution in [0.1, 0.15) is 39.0 Å². The molecule has 3 heteroatoms. The molecule has 0 aromatic carbocycles. The van der Waals surface area contributed by atoms with Gasteiger partial charge in [0.25, 0.3) is 0 Å². The molecule has 0 rings (SSSR count). The topological polar surface area (TPSA) is 43.4 Å². The van der Waals surface area contributed by atoms with Crippen molar-refractivity contribution in [2.75, 3.05) is 7.11 Å². The second-order valence-electron chi connectivity index (χ2n) is 3.12. The van der Waals surface area contributed by atoms with E-state index in [0.717, 1.165) is 12.8 Å². The quantitative estimate of drug-likeness (QED) is 0.273. The van der Waals surface area contributed by atoms with E-state index in [4.69, 9.17) is 0 Å². The number of esters is 1. The highest BCUT2D eigenvalue weighted by Gasteiger charge is 2.04. The largest absolute Gasteiger partial charge is 0.469 e. The highest BCUT2D eigenvalue weighted by molar-refractivity contribution is 6.01. The average Bonchev–Trinajstić information content (AvgIpc) is 2.17. The van der Waals surface area contributed by atoms with Gasteiger partial charge >= 0.3 is 5.97 Å². The van der Waals surface area contributed by atoms with E-state index in [1.807, 2.05) is 6.08 Å². The van der Waals surface area contributed by atoms with Crippen molar-refractivity contribution in [2.45, 2.75) is 39.0 Å². The van der Waals surface area contributed by atoms with E-state index in [1.165, 1.54) is 26.0 Å². The smallest absolute Gasteiger partial charge is 0.313 e. The third-order valence-electron chi connectivity index (χ3n) is 1.82. The molecule has 0 spiro atoms. The highest BCUT2D eigenvalue weighted by atomic mass is 16.5. The van der Waals surface area contributed by atoms with Crippen LogP contribution in [0.2, 0.25) is 0 Å². The van der Waals surface area contributed by atoms with Gasteiger partial charge in [-0.15, -0.1) is 0 Å². The number of hydrogen-bond donors (Lipinski definition) is 0. The van der Waals surface area contributed by atoms with E-state index in [0.29, 0.717) is 0 Å². The molecule has 0 radical (unpaired) electrons. The summed E-state index contributed by atoms with van der Waals surface area (Å²) in [6.45, 7) is 2.13. The van der Waals surface area contributed by atoms with E-state index >= 15 is 0 Å². The molecule has 0 unspecified atom stereocenters. The second kappa shape index (κ2) is 8.48. The third kappa shape index (κ3) is 7.53. The van der Waals surface area contributed by atoms with Crippen LogP contribution in [0.15, 0.2) is 12.2 Å². The zero-order valence-electron chi connectivity index (χ0n) is 8.91. The summed E-state index contributed by atoms with van der Waals surface area (Å²) in [5, 5.41) is 0. The van der Waals surface area contributed by atoms with E-state index < -0.39 is 5.97 Å². The maximum atomic E-state index is 11.1. The molecular formula is C11H18O3. The Balaban J connectivity index is 3.55. The van der Waals surface area contributed by atoms with E-state index in [2.05, 4.69) is 11.7 Å². The molecule has 0 bridgehead atoms. The minimum atomic E-state index is -0.479. The molecule has 0 aromatic heterocycles. The Labute approximate surface area is 85.1 Å². The fourth-order valence-corrected chi connectivity index (χ4v) is 1.00. The first-order chi connectivity index (χ1) is 6.70. The number of hydrogen-bond acceptors (Lipinski definition) is 3. The molecule has 0 heterocycles. The Morgan fingerprint density at radius 1 is 1.29 bits per heavy atom.